The number of fused-ring (bicyclic) bond motifs is 4. The van der Waals surface area contributed by atoms with Crippen LogP contribution in [0.3, 0.4) is 0 Å². The molecule has 4 rings (SSSR count). The molecular formula is C15H22BrN3. The monoisotopic (exact) mass is 323 g/mol. The van der Waals surface area contributed by atoms with Gasteiger partial charge in [0.15, 0.2) is 0 Å². The molecule has 3 heterocycles. The molecule has 3 unspecified atom stereocenters. The minimum Gasteiger partial charge on any atom is -1.00 e. The van der Waals surface area contributed by atoms with Crippen molar-refractivity contribution in [2.24, 2.45) is 0 Å². The predicted octanol–water partition coefficient (Wildman–Crippen LogP) is -2.90. The highest BCUT2D eigenvalue weighted by Crippen LogP contribution is 2.29. The van der Waals surface area contributed by atoms with Gasteiger partial charge in [0, 0.05) is 19.5 Å². The van der Waals surface area contributed by atoms with Crippen molar-refractivity contribution < 1.29 is 21.9 Å². The molecule has 3 nitrogen and oxygen atoms in total. The molecule has 0 aromatic rings. The summed E-state index contributed by atoms with van der Waals surface area (Å²) in [6.07, 6.45) is 11.0. The molecule has 1 saturated heterocycles. The van der Waals surface area contributed by atoms with Gasteiger partial charge in [-0.1, -0.05) is 6.08 Å². The summed E-state index contributed by atoms with van der Waals surface area (Å²) in [5.74, 6) is 0. The molecule has 0 aromatic carbocycles. The number of allylic oxidation sites excluding steroid dienone is 2. The summed E-state index contributed by atoms with van der Waals surface area (Å²) in [4.78, 5) is 1.61. The van der Waals surface area contributed by atoms with Gasteiger partial charge in [-0.25, -0.2) is 0 Å². The lowest BCUT2D eigenvalue weighted by Crippen LogP contribution is -3.12. The molecule has 0 saturated carbocycles. The first-order valence-corrected chi connectivity index (χ1v) is 7.25. The zero-order valence-corrected chi connectivity index (χ0v) is 13.0. The highest BCUT2D eigenvalue weighted by atomic mass is 79.9. The highest BCUT2D eigenvalue weighted by molar-refractivity contribution is 5.31. The lowest BCUT2D eigenvalue weighted by atomic mass is 9.87. The Balaban J connectivity index is 0.00000110. The number of hydrogen-bond acceptors (Lipinski definition) is 2. The van der Waals surface area contributed by atoms with Crippen molar-refractivity contribution >= 4 is 0 Å². The maximum absolute atomic E-state index is 3.76. The van der Waals surface area contributed by atoms with Crippen molar-refractivity contribution in [1.29, 1.82) is 0 Å². The normalized spacial score (nSPS) is 39.9. The van der Waals surface area contributed by atoms with Crippen LogP contribution in [0.5, 0.6) is 0 Å². The molecule has 4 atom stereocenters. The first-order valence-electron chi connectivity index (χ1n) is 7.25. The van der Waals surface area contributed by atoms with Gasteiger partial charge >= 0.3 is 0 Å². The summed E-state index contributed by atoms with van der Waals surface area (Å²) in [6.45, 7) is 4.49. The fourth-order valence-electron chi connectivity index (χ4n) is 4.17. The van der Waals surface area contributed by atoms with Crippen LogP contribution in [0.15, 0.2) is 35.2 Å². The van der Waals surface area contributed by atoms with Gasteiger partial charge in [-0.3, -0.25) is 4.90 Å². The Kier molecular flexibility index (Phi) is 3.69. The van der Waals surface area contributed by atoms with Gasteiger partial charge in [0.2, 0.25) is 0 Å². The van der Waals surface area contributed by atoms with Crippen molar-refractivity contribution in [2.45, 2.75) is 44.3 Å². The maximum Gasteiger partial charge on any atom is 0.135 e. The molecular weight excluding hydrogens is 302 g/mol. The van der Waals surface area contributed by atoms with Gasteiger partial charge in [-0.15, -0.1) is 0 Å². The molecule has 0 bridgehead atoms. The second-order valence-electron chi connectivity index (χ2n) is 6.02. The molecule has 3 aliphatic heterocycles. The Morgan fingerprint density at radius 2 is 2.11 bits per heavy atom. The Hall–Kier alpha value is -0.420. The first-order chi connectivity index (χ1) is 8.84. The summed E-state index contributed by atoms with van der Waals surface area (Å²) in [7, 11) is 0. The van der Waals surface area contributed by atoms with Crippen LogP contribution >= 0.6 is 0 Å². The van der Waals surface area contributed by atoms with Crippen molar-refractivity contribution in [2.75, 3.05) is 13.1 Å². The number of nitrogens with one attached hydrogen (secondary N) is 3. The molecule has 1 aliphatic carbocycles. The smallest absolute Gasteiger partial charge is 0.135 e. The van der Waals surface area contributed by atoms with Gasteiger partial charge in [0.1, 0.15) is 17.9 Å². The molecule has 19 heavy (non-hydrogen) atoms. The van der Waals surface area contributed by atoms with Crippen molar-refractivity contribution in [1.82, 2.24) is 10.6 Å². The third kappa shape index (κ3) is 2.05. The number of rotatable bonds is 0. The summed E-state index contributed by atoms with van der Waals surface area (Å²) in [5, 5.41) is 7.44. The van der Waals surface area contributed by atoms with E-state index in [2.05, 4.69) is 35.9 Å². The second-order valence-corrected chi connectivity index (χ2v) is 6.02. The molecule has 104 valence electrons. The Labute approximate surface area is 125 Å². The first kappa shape index (κ1) is 13.6. The van der Waals surface area contributed by atoms with Crippen LogP contribution in [0.25, 0.3) is 0 Å². The molecule has 0 spiro atoms. The zero-order valence-electron chi connectivity index (χ0n) is 11.4. The van der Waals surface area contributed by atoms with Gasteiger partial charge in [-0.2, -0.15) is 0 Å². The number of quaternary nitrogens is 1. The Morgan fingerprint density at radius 3 is 3.00 bits per heavy atom. The van der Waals surface area contributed by atoms with Crippen molar-refractivity contribution in [3.05, 3.63) is 35.2 Å². The summed E-state index contributed by atoms with van der Waals surface area (Å²) < 4.78 is 0. The second kappa shape index (κ2) is 5.17. The SMILES string of the molecule is CC1=C[NH+]2C3=C(CCC=C3)C[C@H]2C2NCCNC12.[Br-]. The fourth-order valence-corrected chi connectivity index (χ4v) is 4.17. The van der Waals surface area contributed by atoms with E-state index in [1.54, 1.807) is 16.2 Å². The minimum atomic E-state index is 0. The standard InChI is InChI=1S/C15H21N3.BrH/c1-10-9-18-12-5-3-2-4-11(12)8-13(18)15-14(10)16-6-7-17-15;/h3,5,9,13-17H,2,4,6-8H2,1H3;1H/t13-,14?,15?;/m0./s1. The van der Waals surface area contributed by atoms with Gasteiger partial charge < -0.3 is 27.6 Å². The van der Waals surface area contributed by atoms with Crippen LogP contribution in [0.2, 0.25) is 0 Å². The lowest BCUT2D eigenvalue weighted by Gasteiger charge is -2.42. The lowest BCUT2D eigenvalue weighted by molar-refractivity contribution is -0.829. The van der Waals surface area contributed by atoms with E-state index < -0.39 is 0 Å². The molecule has 0 aromatic heterocycles. The third-order valence-electron chi connectivity index (χ3n) is 4.99. The highest BCUT2D eigenvalue weighted by Gasteiger charge is 2.47. The zero-order chi connectivity index (χ0) is 12.1. The number of halogens is 1. The summed E-state index contributed by atoms with van der Waals surface area (Å²) in [6, 6.07) is 1.87. The average Bonchev–Trinajstić information content (AvgIpc) is 2.78. The van der Waals surface area contributed by atoms with E-state index in [4.69, 9.17) is 0 Å². The molecule has 1 fully saturated rings. The number of piperazine rings is 1. The molecule has 0 radical (unpaired) electrons. The molecule has 0 amide bonds. The van der Waals surface area contributed by atoms with Crippen LogP contribution in [0.4, 0.5) is 0 Å². The van der Waals surface area contributed by atoms with Crippen molar-refractivity contribution in [3.63, 3.8) is 0 Å². The van der Waals surface area contributed by atoms with Crippen LogP contribution in [-0.2, 0) is 0 Å². The van der Waals surface area contributed by atoms with Gasteiger partial charge in [0.25, 0.3) is 0 Å². The van der Waals surface area contributed by atoms with Gasteiger partial charge in [-0.05, 0) is 37.0 Å². The van der Waals surface area contributed by atoms with E-state index >= 15 is 0 Å². The number of hydrogen-bond donors (Lipinski definition) is 3. The molecule has 4 aliphatic rings. The summed E-state index contributed by atoms with van der Waals surface area (Å²) in [5.41, 5.74) is 4.78. The van der Waals surface area contributed by atoms with Gasteiger partial charge in [0.05, 0.1) is 12.1 Å². The van der Waals surface area contributed by atoms with E-state index in [0.29, 0.717) is 18.1 Å². The molecule has 4 heteroatoms. The third-order valence-corrected chi connectivity index (χ3v) is 4.99. The quantitative estimate of drug-likeness (QED) is 0.446. The van der Waals surface area contributed by atoms with Crippen LogP contribution < -0.4 is 32.5 Å². The topological polar surface area (TPSA) is 28.5 Å². The average molecular weight is 324 g/mol. The minimum absolute atomic E-state index is 0. The van der Waals surface area contributed by atoms with E-state index in [9.17, 15) is 0 Å². The van der Waals surface area contributed by atoms with E-state index in [1.165, 1.54) is 24.8 Å². The summed E-state index contributed by atoms with van der Waals surface area (Å²) >= 11 is 0. The van der Waals surface area contributed by atoms with Crippen molar-refractivity contribution in [3.8, 4) is 0 Å². The molecule has 3 N–H and O–H groups in total. The van der Waals surface area contributed by atoms with E-state index in [0.717, 1.165) is 13.1 Å². The predicted molar refractivity (Wildman–Crippen MR) is 72.1 cm³/mol. The van der Waals surface area contributed by atoms with E-state index in [-0.39, 0.29) is 17.0 Å². The van der Waals surface area contributed by atoms with Crippen LogP contribution in [-0.4, -0.2) is 31.2 Å². The fraction of sp³-hybridized carbons (Fsp3) is 0.600. The largest absolute Gasteiger partial charge is 1.00 e. The van der Waals surface area contributed by atoms with Crippen LogP contribution in [0.1, 0.15) is 26.2 Å². The van der Waals surface area contributed by atoms with E-state index in [1.807, 2.05) is 0 Å². The Morgan fingerprint density at radius 1 is 1.26 bits per heavy atom. The Bertz CT molecular complexity index is 466. The maximum atomic E-state index is 3.76. The van der Waals surface area contributed by atoms with Crippen LogP contribution in [0, 0.1) is 0 Å².